The van der Waals surface area contributed by atoms with Crippen LogP contribution in [0.4, 0.5) is 13.2 Å². The lowest BCUT2D eigenvalue weighted by atomic mass is 10.1. The Labute approximate surface area is 261 Å². The summed E-state index contributed by atoms with van der Waals surface area (Å²) in [5, 5.41) is 3.52. The molecule has 252 valence electrons. The summed E-state index contributed by atoms with van der Waals surface area (Å²) >= 11 is 0. The summed E-state index contributed by atoms with van der Waals surface area (Å²) in [5.74, 6) is -0.967. The van der Waals surface area contributed by atoms with Gasteiger partial charge in [-0.05, 0) is 54.4 Å². The number of halogens is 3. The number of phosphoric ester groups is 2. The van der Waals surface area contributed by atoms with Gasteiger partial charge in [-0.15, -0.1) is 0 Å². The minimum absolute atomic E-state index is 0.0219. The van der Waals surface area contributed by atoms with Gasteiger partial charge in [-0.25, -0.2) is 18.7 Å². The van der Waals surface area contributed by atoms with E-state index in [4.69, 9.17) is 24.1 Å². The van der Waals surface area contributed by atoms with Gasteiger partial charge in [0.25, 0.3) is 5.56 Å². The molecule has 0 spiro atoms. The van der Waals surface area contributed by atoms with Crippen LogP contribution in [0.15, 0.2) is 69.4 Å². The fourth-order valence-electron chi connectivity index (χ4n) is 4.14. The van der Waals surface area contributed by atoms with Gasteiger partial charge in [0.15, 0.2) is 0 Å². The zero-order valence-corrected chi connectivity index (χ0v) is 25.6. The van der Waals surface area contributed by atoms with Crippen molar-refractivity contribution in [2.45, 2.75) is 44.5 Å². The van der Waals surface area contributed by atoms with Crippen LogP contribution in [0.1, 0.15) is 39.7 Å². The van der Waals surface area contributed by atoms with Crippen molar-refractivity contribution in [3.63, 3.8) is 0 Å². The normalized spacial score (nSPS) is 20.5. The van der Waals surface area contributed by atoms with E-state index >= 15 is 0 Å². The van der Waals surface area contributed by atoms with Gasteiger partial charge in [0.05, 0.1) is 36.5 Å². The SMILES string of the molecule is Cc1cn([C@H]2CC(N=[N+]=[N-])[C@@H](COP(=O)(O)OP(=O)(O)OCc3ccc(OC(=O)c4ccc(C(F)(F)F)cc4)cc3)O2)c(=O)[nH]c1=O. The molecular weight excluding hydrogens is 681 g/mol. The number of esters is 1. The van der Waals surface area contributed by atoms with Gasteiger partial charge in [-0.2, -0.15) is 17.5 Å². The second kappa shape index (κ2) is 14.4. The van der Waals surface area contributed by atoms with Crippen LogP contribution in [0.25, 0.3) is 10.4 Å². The molecule has 5 atom stereocenters. The maximum atomic E-state index is 12.7. The molecule has 1 saturated heterocycles. The van der Waals surface area contributed by atoms with Gasteiger partial charge in [-0.3, -0.25) is 23.4 Å². The maximum Gasteiger partial charge on any atom is 0.481 e. The van der Waals surface area contributed by atoms with Gasteiger partial charge in [0.1, 0.15) is 12.0 Å². The summed E-state index contributed by atoms with van der Waals surface area (Å²) < 4.78 is 88.4. The fraction of sp³-hybridized carbons (Fsp3) is 0.320. The first-order chi connectivity index (χ1) is 22.0. The molecule has 2 heterocycles. The molecule has 3 unspecified atom stereocenters. The summed E-state index contributed by atoms with van der Waals surface area (Å²) in [6.07, 6.45) is -5.73. The highest BCUT2D eigenvalue weighted by Gasteiger charge is 2.41. The number of alkyl halides is 3. The molecule has 2 aromatic carbocycles. The van der Waals surface area contributed by atoms with E-state index in [1.54, 1.807) is 0 Å². The molecule has 1 aromatic heterocycles. The number of ether oxygens (including phenoxy) is 2. The number of azide groups is 1. The number of nitrogens with one attached hydrogen (secondary N) is 1. The summed E-state index contributed by atoms with van der Waals surface area (Å²) in [6.45, 7) is 0.00391. The number of aromatic nitrogens is 2. The average Bonchev–Trinajstić information content (AvgIpc) is 3.39. The van der Waals surface area contributed by atoms with Gasteiger partial charge in [0, 0.05) is 23.1 Å². The fourth-order valence-corrected chi connectivity index (χ4v) is 6.21. The Morgan fingerprint density at radius 2 is 1.74 bits per heavy atom. The van der Waals surface area contributed by atoms with Crippen molar-refractivity contribution in [3.8, 4) is 5.75 Å². The molecule has 1 aliphatic rings. The van der Waals surface area contributed by atoms with Crippen molar-refractivity contribution in [1.82, 2.24) is 9.55 Å². The molecule has 3 aromatic rings. The largest absolute Gasteiger partial charge is 0.481 e. The lowest BCUT2D eigenvalue weighted by Gasteiger charge is -2.20. The van der Waals surface area contributed by atoms with Crippen molar-refractivity contribution in [2.24, 2.45) is 5.11 Å². The van der Waals surface area contributed by atoms with Crippen molar-refractivity contribution >= 4 is 21.6 Å². The predicted molar refractivity (Wildman–Crippen MR) is 152 cm³/mol. The number of phosphoric acid groups is 2. The van der Waals surface area contributed by atoms with E-state index in [9.17, 15) is 46.5 Å². The van der Waals surface area contributed by atoms with Crippen LogP contribution in [0.5, 0.6) is 5.75 Å². The smallest absolute Gasteiger partial charge is 0.423 e. The topological polar surface area (TPSA) is 241 Å². The van der Waals surface area contributed by atoms with E-state index in [0.717, 1.165) is 28.8 Å². The van der Waals surface area contributed by atoms with Crippen molar-refractivity contribution < 1.29 is 59.7 Å². The Kier molecular flexibility index (Phi) is 10.9. The number of aryl methyl sites for hydroxylation is 1. The molecule has 0 aliphatic carbocycles. The predicted octanol–water partition coefficient (Wildman–Crippen LogP) is 4.50. The summed E-state index contributed by atoms with van der Waals surface area (Å²) in [4.78, 5) is 60.8. The van der Waals surface area contributed by atoms with Crippen molar-refractivity contribution in [2.75, 3.05) is 6.61 Å². The molecule has 1 fully saturated rings. The molecule has 4 rings (SSSR count). The Morgan fingerprint density at radius 3 is 2.36 bits per heavy atom. The van der Waals surface area contributed by atoms with E-state index in [1.807, 2.05) is 0 Å². The minimum atomic E-state index is -5.30. The van der Waals surface area contributed by atoms with Crippen LogP contribution in [0.3, 0.4) is 0 Å². The number of benzene rings is 2. The molecule has 0 amide bonds. The van der Waals surface area contributed by atoms with Crippen LogP contribution >= 0.6 is 15.6 Å². The number of H-pyrrole nitrogens is 1. The van der Waals surface area contributed by atoms with Gasteiger partial charge < -0.3 is 19.3 Å². The molecule has 0 radical (unpaired) electrons. The Bertz CT molecular complexity index is 1880. The first-order valence-electron chi connectivity index (χ1n) is 13.1. The van der Waals surface area contributed by atoms with E-state index < -0.39 is 76.2 Å². The number of carbonyl (C=O) groups excluding carboxylic acids is 1. The third-order valence-corrected chi connectivity index (χ3v) is 9.03. The van der Waals surface area contributed by atoms with Crippen molar-refractivity contribution in [3.05, 3.63) is 108 Å². The zero-order valence-electron chi connectivity index (χ0n) is 23.8. The van der Waals surface area contributed by atoms with E-state index in [2.05, 4.69) is 19.3 Å². The number of carbonyl (C=O) groups is 1. The number of hydrogen-bond donors (Lipinski definition) is 3. The highest BCUT2D eigenvalue weighted by molar-refractivity contribution is 7.61. The molecule has 47 heavy (non-hydrogen) atoms. The third kappa shape index (κ3) is 9.71. The summed E-state index contributed by atoms with van der Waals surface area (Å²) in [7, 11) is -10.5. The molecular formula is C25H24F3N5O12P2. The standard InChI is InChI=1S/C25H24F3N5O12P2/c1-14-11-33(24(36)30-22(14)34)21-10-19(31-32-29)20(44-21)13-42-47(39,40)45-46(37,38)41-12-15-2-8-18(9-3-15)43-23(35)16-4-6-17(7-5-16)25(26,27)28/h2-9,11,19-21H,10,12-13H2,1H3,(H,37,38)(H,39,40)(H,30,34,36)/t19?,20-,21-/m1/s1. The zero-order chi connectivity index (χ0) is 34.6. The van der Waals surface area contributed by atoms with Crippen LogP contribution in [0.2, 0.25) is 0 Å². The Balaban J connectivity index is 1.29. The number of aromatic amines is 1. The van der Waals surface area contributed by atoms with E-state index in [-0.39, 0.29) is 28.9 Å². The third-order valence-electron chi connectivity index (χ3n) is 6.44. The molecule has 3 N–H and O–H groups in total. The molecule has 17 nitrogen and oxygen atoms in total. The number of nitrogens with zero attached hydrogens (tertiary/aromatic N) is 4. The second-order valence-electron chi connectivity index (χ2n) is 9.81. The lowest BCUT2D eigenvalue weighted by Crippen LogP contribution is -2.33. The van der Waals surface area contributed by atoms with Gasteiger partial charge in [0.2, 0.25) is 0 Å². The van der Waals surface area contributed by atoms with Crippen LogP contribution < -0.4 is 16.0 Å². The molecule has 1 aliphatic heterocycles. The Morgan fingerprint density at radius 1 is 1.11 bits per heavy atom. The summed E-state index contributed by atoms with van der Waals surface area (Å²) in [6, 6.07) is 7.42. The second-order valence-corrected chi connectivity index (χ2v) is 12.9. The summed E-state index contributed by atoms with van der Waals surface area (Å²) in [5.41, 5.74) is 6.73. The quantitative estimate of drug-likeness (QED) is 0.0589. The minimum Gasteiger partial charge on any atom is -0.423 e. The lowest BCUT2D eigenvalue weighted by molar-refractivity contribution is -0.137. The molecule has 0 saturated carbocycles. The molecule has 22 heteroatoms. The average molecular weight is 705 g/mol. The number of hydrogen-bond acceptors (Lipinski definition) is 11. The first kappa shape index (κ1) is 35.8. The maximum absolute atomic E-state index is 12.7. The van der Waals surface area contributed by atoms with Crippen LogP contribution in [-0.4, -0.2) is 44.1 Å². The van der Waals surface area contributed by atoms with Crippen LogP contribution in [-0.2, 0) is 40.0 Å². The molecule has 0 bridgehead atoms. The Hall–Kier alpha value is -4.09. The highest BCUT2D eigenvalue weighted by atomic mass is 31.3. The van der Waals surface area contributed by atoms with E-state index in [0.29, 0.717) is 0 Å². The van der Waals surface area contributed by atoms with Gasteiger partial charge >= 0.3 is 33.5 Å². The van der Waals surface area contributed by atoms with Crippen molar-refractivity contribution in [1.29, 1.82) is 0 Å². The van der Waals surface area contributed by atoms with Crippen LogP contribution in [0, 0.1) is 6.92 Å². The van der Waals surface area contributed by atoms with Gasteiger partial charge in [-0.1, -0.05) is 17.2 Å². The monoisotopic (exact) mass is 705 g/mol. The highest BCUT2D eigenvalue weighted by Crippen LogP contribution is 2.61. The first-order valence-corrected chi connectivity index (χ1v) is 16.1. The van der Waals surface area contributed by atoms with E-state index in [1.165, 1.54) is 37.4 Å². The number of rotatable bonds is 12.